The third-order valence-corrected chi connectivity index (χ3v) is 2.33. The molecule has 1 aliphatic carbocycles. The van der Waals surface area contributed by atoms with Crippen LogP contribution in [-0.4, -0.2) is 18.0 Å². The summed E-state index contributed by atoms with van der Waals surface area (Å²) in [4.78, 5) is 11.0. The SMILES string of the molecule is CC#CCOC1(C)C=CC(=O)C=C1C. The van der Waals surface area contributed by atoms with Crippen LogP contribution >= 0.6 is 0 Å². The fourth-order valence-electron chi connectivity index (χ4n) is 1.20. The topological polar surface area (TPSA) is 26.3 Å². The van der Waals surface area contributed by atoms with Gasteiger partial charge in [0.2, 0.25) is 0 Å². The molecule has 0 N–H and O–H groups in total. The fraction of sp³-hybridized carbons (Fsp3) is 0.417. The van der Waals surface area contributed by atoms with E-state index in [2.05, 4.69) is 11.8 Å². The van der Waals surface area contributed by atoms with E-state index in [1.54, 1.807) is 19.1 Å². The summed E-state index contributed by atoms with van der Waals surface area (Å²) in [7, 11) is 0. The summed E-state index contributed by atoms with van der Waals surface area (Å²) in [6.45, 7) is 5.98. The lowest BCUT2D eigenvalue weighted by molar-refractivity contribution is -0.111. The number of ether oxygens (including phenoxy) is 1. The van der Waals surface area contributed by atoms with E-state index in [9.17, 15) is 4.79 Å². The molecule has 0 bridgehead atoms. The van der Waals surface area contributed by atoms with Crippen LogP contribution in [0.2, 0.25) is 0 Å². The molecular weight excluding hydrogens is 176 g/mol. The quantitative estimate of drug-likeness (QED) is 0.621. The third kappa shape index (κ3) is 2.34. The average molecular weight is 190 g/mol. The monoisotopic (exact) mass is 190 g/mol. The van der Waals surface area contributed by atoms with Crippen molar-refractivity contribution in [2.75, 3.05) is 6.61 Å². The minimum atomic E-state index is -0.474. The maximum absolute atomic E-state index is 11.0. The Morgan fingerprint density at radius 3 is 2.86 bits per heavy atom. The van der Waals surface area contributed by atoms with Crippen molar-refractivity contribution in [2.45, 2.75) is 26.4 Å². The smallest absolute Gasteiger partial charge is 0.178 e. The van der Waals surface area contributed by atoms with E-state index < -0.39 is 5.60 Å². The van der Waals surface area contributed by atoms with E-state index in [4.69, 9.17) is 4.74 Å². The Balaban J connectivity index is 2.73. The summed E-state index contributed by atoms with van der Waals surface area (Å²) in [5.41, 5.74) is 0.445. The van der Waals surface area contributed by atoms with Crippen LogP contribution in [0.1, 0.15) is 20.8 Å². The first kappa shape index (κ1) is 10.7. The van der Waals surface area contributed by atoms with Gasteiger partial charge in [-0.2, -0.15) is 0 Å². The van der Waals surface area contributed by atoms with Gasteiger partial charge >= 0.3 is 0 Å². The normalized spacial score (nSPS) is 25.4. The van der Waals surface area contributed by atoms with Gasteiger partial charge in [-0.3, -0.25) is 4.79 Å². The van der Waals surface area contributed by atoms with Crippen LogP contribution in [0, 0.1) is 11.8 Å². The number of hydrogen-bond donors (Lipinski definition) is 0. The molecule has 0 aromatic carbocycles. The van der Waals surface area contributed by atoms with E-state index in [-0.39, 0.29) is 5.78 Å². The molecular formula is C12H14O2. The molecule has 2 heteroatoms. The minimum Gasteiger partial charge on any atom is -0.354 e. The van der Waals surface area contributed by atoms with Crippen molar-refractivity contribution in [2.24, 2.45) is 0 Å². The summed E-state index contributed by atoms with van der Waals surface area (Å²) < 4.78 is 5.59. The molecule has 0 saturated carbocycles. The van der Waals surface area contributed by atoms with E-state index >= 15 is 0 Å². The molecule has 0 aromatic rings. The molecule has 1 unspecified atom stereocenters. The molecule has 1 atom stereocenters. The number of carbonyl (C=O) groups is 1. The number of hydrogen-bond acceptors (Lipinski definition) is 2. The molecule has 2 nitrogen and oxygen atoms in total. The summed E-state index contributed by atoms with van der Waals surface area (Å²) >= 11 is 0. The average Bonchev–Trinajstić information content (AvgIpc) is 2.13. The number of carbonyl (C=O) groups excluding carboxylic acids is 1. The zero-order valence-electron chi connectivity index (χ0n) is 8.76. The summed E-state index contributed by atoms with van der Waals surface area (Å²) in [6, 6.07) is 0. The summed E-state index contributed by atoms with van der Waals surface area (Å²) in [5.74, 6) is 5.62. The largest absolute Gasteiger partial charge is 0.354 e. The number of rotatable bonds is 2. The Kier molecular flexibility index (Phi) is 3.27. The lowest BCUT2D eigenvalue weighted by Gasteiger charge is -2.28. The molecule has 0 radical (unpaired) electrons. The van der Waals surface area contributed by atoms with Crippen molar-refractivity contribution in [3.8, 4) is 11.8 Å². The van der Waals surface area contributed by atoms with Crippen LogP contribution < -0.4 is 0 Å². The Morgan fingerprint density at radius 1 is 1.57 bits per heavy atom. The van der Waals surface area contributed by atoms with Crippen LogP contribution in [0.15, 0.2) is 23.8 Å². The first-order valence-electron chi connectivity index (χ1n) is 4.54. The van der Waals surface area contributed by atoms with Gasteiger partial charge in [-0.1, -0.05) is 5.92 Å². The molecule has 0 heterocycles. The van der Waals surface area contributed by atoms with Gasteiger partial charge in [0.25, 0.3) is 0 Å². The second-order valence-corrected chi connectivity index (χ2v) is 3.39. The molecule has 74 valence electrons. The van der Waals surface area contributed by atoms with Gasteiger partial charge < -0.3 is 4.74 Å². The molecule has 0 amide bonds. The van der Waals surface area contributed by atoms with Crippen LogP contribution in [0.3, 0.4) is 0 Å². The number of allylic oxidation sites excluding steroid dienone is 2. The molecule has 0 aliphatic heterocycles. The van der Waals surface area contributed by atoms with Crippen molar-refractivity contribution < 1.29 is 9.53 Å². The second-order valence-electron chi connectivity index (χ2n) is 3.39. The van der Waals surface area contributed by atoms with Crippen LogP contribution in [0.25, 0.3) is 0 Å². The first-order valence-corrected chi connectivity index (χ1v) is 4.54. The Hall–Kier alpha value is -1.33. The Labute approximate surface area is 84.6 Å². The van der Waals surface area contributed by atoms with Gasteiger partial charge in [0, 0.05) is 0 Å². The maximum Gasteiger partial charge on any atom is 0.178 e. The van der Waals surface area contributed by atoms with E-state index in [1.807, 2.05) is 13.8 Å². The summed E-state index contributed by atoms with van der Waals surface area (Å²) in [6.07, 6.45) is 4.91. The van der Waals surface area contributed by atoms with Gasteiger partial charge in [0.15, 0.2) is 5.78 Å². The zero-order chi connectivity index (χ0) is 10.6. The standard InChI is InChI=1S/C12H14O2/c1-4-5-8-14-12(3)7-6-11(13)9-10(12)2/h6-7,9H,8H2,1-3H3. The fourth-order valence-corrected chi connectivity index (χ4v) is 1.20. The molecule has 1 aliphatic rings. The molecule has 0 saturated heterocycles. The molecule has 14 heavy (non-hydrogen) atoms. The molecule has 1 rings (SSSR count). The highest BCUT2D eigenvalue weighted by atomic mass is 16.5. The van der Waals surface area contributed by atoms with Crippen LogP contribution in [0.5, 0.6) is 0 Å². The van der Waals surface area contributed by atoms with Crippen molar-refractivity contribution >= 4 is 5.78 Å². The van der Waals surface area contributed by atoms with Gasteiger partial charge in [-0.05, 0) is 44.6 Å². The zero-order valence-corrected chi connectivity index (χ0v) is 8.76. The second kappa shape index (κ2) is 4.26. The minimum absolute atomic E-state index is 0.0187. The Bertz CT molecular complexity index is 352. The van der Waals surface area contributed by atoms with Gasteiger partial charge in [0.05, 0.1) is 0 Å². The predicted molar refractivity (Wildman–Crippen MR) is 55.7 cm³/mol. The maximum atomic E-state index is 11.0. The van der Waals surface area contributed by atoms with E-state index in [0.29, 0.717) is 6.61 Å². The highest BCUT2D eigenvalue weighted by Crippen LogP contribution is 2.25. The first-order chi connectivity index (χ1) is 6.58. The van der Waals surface area contributed by atoms with Crippen LogP contribution in [-0.2, 0) is 9.53 Å². The van der Waals surface area contributed by atoms with E-state index in [0.717, 1.165) is 5.57 Å². The highest BCUT2D eigenvalue weighted by molar-refractivity contribution is 6.01. The Morgan fingerprint density at radius 2 is 2.29 bits per heavy atom. The van der Waals surface area contributed by atoms with Crippen molar-refractivity contribution in [1.82, 2.24) is 0 Å². The van der Waals surface area contributed by atoms with Gasteiger partial charge in [0.1, 0.15) is 12.2 Å². The van der Waals surface area contributed by atoms with E-state index in [1.165, 1.54) is 6.08 Å². The van der Waals surface area contributed by atoms with Gasteiger partial charge in [-0.25, -0.2) is 0 Å². The lowest BCUT2D eigenvalue weighted by Crippen LogP contribution is -2.30. The molecule has 0 aromatic heterocycles. The lowest BCUT2D eigenvalue weighted by atomic mass is 9.91. The van der Waals surface area contributed by atoms with Gasteiger partial charge in [-0.15, -0.1) is 5.92 Å². The van der Waals surface area contributed by atoms with Crippen molar-refractivity contribution in [3.05, 3.63) is 23.8 Å². The summed E-state index contributed by atoms with van der Waals surface area (Å²) in [5, 5.41) is 0. The van der Waals surface area contributed by atoms with Crippen LogP contribution in [0.4, 0.5) is 0 Å². The predicted octanol–water partition coefficient (Wildman–Crippen LogP) is 1.87. The molecule has 0 fully saturated rings. The molecule has 0 spiro atoms. The van der Waals surface area contributed by atoms with Crippen molar-refractivity contribution in [3.63, 3.8) is 0 Å². The number of ketones is 1. The highest BCUT2D eigenvalue weighted by Gasteiger charge is 2.26. The van der Waals surface area contributed by atoms with Crippen molar-refractivity contribution in [1.29, 1.82) is 0 Å². The third-order valence-electron chi connectivity index (χ3n) is 2.33.